The van der Waals surface area contributed by atoms with E-state index in [9.17, 15) is 14.4 Å². The molecule has 0 radical (unpaired) electrons. The first kappa shape index (κ1) is 21.3. The van der Waals surface area contributed by atoms with E-state index in [1.165, 1.54) is 12.1 Å². The lowest BCUT2D eigenvalue weighted by molar-refractivity contribution is 0.387. The summed E-state index contributed by atoms with van der Waals surface area (Å²) in [6.45, 7) is 0. The summed E-state index contributed by atoms with van der Waals surface area (Å²) in [6.07, 6.45) is 0. The van der Waals surface area contributed by atoms with E-state index >= 15 is 0 Å². The first-order valence-corrected chi connectivity index (χ1v) is 11.9. The first-order chi connectivity index (χ1) is 15.9. The van der Waals surface area contributed by atoms with Gasteiger partial charge in [0.05, 0.1) is 30.6 Å². The molecule has 166 valence electrons. The average molecular weight is 459 g/mol. The zero-order valence-corrected chi connectivity index (χ0v) is 19.0. The minimum Gasteiger partial charge on any atom is -0.497 e. The van der Waals surface area contributed by atoms with Crippen LogP contribution in [0.3, 0.4) is 0 Å². The molecule has 0 saturated heterocycles. The number of hydrogen-bond donors (Lipinski definition) is 2. The van der Waals surface area contributed by atoms with Gasteiger partial charge in [-0.05, 0) is 71.8 Å². The number of hydrogen-bond acceptors (Lipinski definition) is 3. The van der Waals surface area contributed by atoms with E-state index in [2.05, 4.69) is 10.6 Å². The van der Waals surface area contributed by atoms with Crippen LogP contribution in [0.25, 0.3) is 38.6 Å². The van der Waals surface area contributed by atoms with Crippen LogP contribution in [0.5, 0.6) is 11.5 Å². The minimum atomic E-state index is -4.27. The topological polar surface area (TPSA) is 80.9 Å². The van der Waals surface area contributed by atoms with Gasteiger partial charge in [0.1, 0.15) is 11.5 Å². The normalized spacial score (nSPS) is 11.8. The van der Waals surface area contributed by atoms with Crippen LogP contribution in [0.4, 0.5) is 0 Å². The van der Waals surface area contributed by atoms with Crippen LogP contribution in [-0.4, -0.2) is 28.6 Å². The van der Waals surface area contributed by atoms with E-state index in [-0.39, 0.29) is 5.30 Å². The second-order valence-corrected chi connectivity index (χ2v) is 9.35. The summed E-state index contributed by atoms with van der Waals surface area (Å²) in [7, 11) is -0.962. The van der Waals surface area contributed by atoms with Crippen LogP contribution in [0.15, 0.2) is 84.9 Å². The van der Waals surface area contributed by atoms with E-state index in [4.69, 9.17) is 9.47 Å². The predicted molar refractivity (Wildman–Crippen MR) is 131 cm³/mol. The molecule has 0 aliphatic heterocycles. The van der Waals surface area contributed by atoms with Crippen LogP contribution >= 0.6 is 7.60 Å². The Kier molecular flexibility index (Phi) is 5.22. The van der Waals surface area contributed by atoms with Crippen LogP contribution in [0.2, 0.25) is 0 Å². The third-order valence-electron chi connectivity index (χ3n) is 5.82. The molecule has 0 aliphatic rings. The summed E-state index contributed by atoms with van der Waals surface area (Å²) in [5.41, 5.74) is 4.86. The Labute approximate surface area is 190 Å². The molecule has 0 spiro atoms. The number of nitrogens with zero attached hydrogens (tertiary/aromatic N) is 1. The predicted octanol–water partition coefficient (Wildman–Crippen LogP) is 5.27. The first-order valence-electron chi connectivity index (χ1n) is 10.3. The van der Waals surface area contributed by atoms with Crippen LogP contribution in [-0.2, 0) is 4.57 Å². The molecular weight excluding hydrogens is 437 g/mol. The van der Waals surface area contributed by atoms with Gasteiger partial charge in [-0.2, -0.15) is 0 Å². The van der Waals surface area contributed by atoms with Crippen molar-refractivity contribution in [1.82, 2.24) is 4.57 Å². The monoisotopic (exact) mass is 459 g/mol. The maximum atomic E-state index is 11.5. The average Bonchev–Trinajstić information content (AvgIpc) is 3.16. The number of ether oxygens (including phenoxy) is 2. The van der Waals surface area contributed by atoms with Crippen molar-refractivity contribution in [2.75, 3.05) is 14.2 Å². The molecule has 0 unspecified atom stereocenters. The summed E-state index contributed by atoms with van der Waals surface area (Å²) in [5, 5.41) is 2.12. The van der Waals surface area contributed by atoms with Crippen molar-refractivity contribution in [3.05, 3.63) is 84.9 Å². The Morgan fingerprint density at radius 2 is 1.27 bits per heavy atom. The zero-order valence-electron chi connectivity index (χ0n) is 18.1. The van der Waals surface area contributed by atoms with E-state index in [0.717, 1.165) is 50.1 Å². The molecule has 0 aliphatic carbocycles. The SMILES string of the molecule is COc1ccc2c(c1)c1cc(OC)ccc1n2-c1cccc(-c2ccc(P(=O)(O)O)cc2)c1. The Morgan fingerprint density at radius 1 is 0.697 bits per heavy atom. The van der Waals surface area contributed by atoms with Gasteiger partial charge in [-0.25, -0.2) is 0 Å². The second-order valence-electron chi connectivity index (χ2n) is 7.74. The van der Waals surface area contributed by atoms with Crippen molar-refractivity contribution in [2.24, 2.45) is 0 Å². The Bertz CT molecular complexity index is 1470. The quantitative estimate of drug-likeness (QED) is 0.350. The number of aromatic nitrogens is 1. The Hall–Kier alpha value is -3.57. The molecule has 7 heteroatoms. The van der Waals surface area contributed by atoms with Gasteiger partial charge in [0.15, 0.2) is 0 Å². The van der Waals surface area contributed by atoms with E-state index in [0.29, 0.717) is 0 Å². The van der Waals surface area contributed by atoms with Crippen LogP contribution in [0.1, 0.15) is 0 Å². The van der Waals surface area contributed by atoms with Gasteiger partial charge < -0.3 is 23.8 Å². The number of fused-ring (bicyclic) bond motifs is 3. The molecule has 2 N–H and O–H groups in total. The lowest BCUT2D eigenvalue weighted by atomic mass is 10.1. The number of rotatable bonds is 5. The molecule has 0 amide bonds. The molecule has 4 aromatic carbocycles. The molecule has 1 heterocycles. The van der Waals surface area contributed by atoms with Gasteiger partial charge >= 0.3 is 7.60 Å². The summed E-state index contributed by atoms with van der Waals surface area (Å²) in [6, 6.07) is 26.5. The fourth-order valence-electron chi connectivity index (χ4n) is 4.19. The fraction of sp³-hybridized carbons (Fsp3) is 0.0769. The highest BCUT2D eigenvalue weighted by Crippen LogP contribution is 2.37. The van der Waals surface area contributed by atoms with E-state index in [1.807, 2.05) is 54.6 Å². The van der Waals surface area contributed by atoms with Crippen molar-refractivity contribution < 1.29 is 23.8 Å². The molecule has 1 aromatic heterocycles. The van der Waals surface area contributed by atoms with Crippen molar-refractivity contribution in [3.63, 3.8) is 0 Å². The van der Waals surface area contributed by atoms with Crippen molar-refractivity contribution in [3.8, 4) is 28.3 Å². The Morgan fingerprint density at radius 3 is 1.79 bits per heavy atom. The molecule has 0 atom stereocenters. The molecule has 33 heavy (non-hydrogen) atoms. The summed E-state index contributed by atoms with van der Waals surface area (Å²) in [4.78, 5) is 18.8. The highest BCUT2D eigenvalue weighted by Gasteiger charge is 2.17. The van der Waals surface area contributed by atoms with Gasteiger partial charge in [-0.15, -0.1) is 0 Å². The largest absolute Gasteiger partial charge is 0.497 e. The fourth-order valence-corrected chi connectivity index (χ4v) is 4.72. The van der Waals surface area contributed by atoms with E-state index in [1.54, 1.807) is 26.4 Å². The molecule has 0 fully saturated rings. The van der Waals surface area contributed by atoms with E-state index < -0.39 is 7.60 Å². The van der Waals surface area contributed by atoms with Gasteiger partial charge in [0.25, 0.3) is 0 Å². The molecule has 5 aromatic rings. The third kappa shape index (κ3) is 3.79. The zero-order chi connectivity index (χ0) is 23.2. The van der Waals surface area contributed by atoms with Crippen molar-refractivity contribution in [2.45, 2.75) is 0 Å². The highest BCUT2D eigenvalue weighted by atomic mass is 31.2. The van der Waals surface area contributed by atoms with Gasteiger partial charge in [-0.1, -0.05) is 24.3 Å². The minimum absolute atomic E-state index is 0.00713. The number of methoxy groups -OCH3 is 2. The van der Waals surface area contributed by atoms with Crippen LogP contribution in [0, 0.1) is 0 Å². The lowest BCUT2D eigenvalue weighted by Crippen LogP contribution is -2.02. The third-order valence-corrected chi connectivity index (χ3v) is 6.79. The maximum absolute atomic E-state index is 11.5. The molecule has 0 bridgehead atoms. The van der Waals surface area contributed by atoms with Crippen molar-refractivity contribution in [1.29, 1.82) is 0 Å². The lowest BCUT2D eigenvalue weighted by Gasteiger charge is -2.11. The smallest absolute Gasteiger partial charge is 0.356 e. The van der Waals surface area contributed by atoms with Gasteiger partial charge in [-0.3, -0.25) is 4.57 Å². The molecule has 0 saturated carbocycles. The molecule has 6 nitrogen and oxygen atoms in total. The summed E-state index contributed by atoms with van der Waals surface area (Å²) in [5.74, 6) is 1.56. The maximum Gasteiger partial charge on any atom is 0.356 e. The molecular formula is C26H22NO5P. The second kappa shape index (κ2) is 8.09. The van der Waals surface area contributed by atoms with Gasteiger partial charge in [0, 0.05) is 16.5 Å². The summed E-state index contributed by atoms with van der Waals surface area (Å²) < 4.78 is 24.6. The summed E-state index contributed by atoms with van der Waals surface area (Å²) >= 11 is 0. The number of benzene rings is 4. The Balaban J connectivity index is 1.70. The van der Waals surface area contributed by atoms with Gasteiger partial charge in [0.2, 0.25) is 0 Å². The van der Waals surface area contributed by atoms with Crippen LogP contribution < -0.4 is 14.8 Å². The standard InChI is InChI=1S/C26H22NO5P/c1-31-20-8-12-25-23(15-20)24-16-21(32-2)9-13-26(24)27(25)19-5-3-4-18(14-19)17-6-10-22(11-7-17)33(28,29)30/h3-16H,1-2H3,(H2,28,29,30). The molecule has 5 rings (SSSR count). The van der Waals surface area contributed by atoms with Crippen molar-refractivity contribution >= 4 is 34.7 Å². The highest BCUT2D eigenvalue weighted by molar-refractivity contribution is 7.60.